The zero-order valence-electron chi connectivity index (χ0n) is 20.4. The second-order valence-corrected chi connectivity index (χ2v) is 9.43. The van der Waals surface area contributed by atoms with Gasteiger partial charge in [0.05, 0.1) is 30.6 Å². The summed E-state index contributed by atoms with van der Waals surface area (Å²) in [5.41, 5.74) is 5.94. The predicted molar refractivity (Wildman–Crippen MR) is 142 cm³/mol. The number of β-amino-alcohol motifs (C(OH)–C–C–N with tert-alkyl or cyclic N) is 1. The molecule has 3 N–H and O–H groups in total. The molecule has 3 aromatic rings. The summed E-state index contributed by atoms with van der Waals surface area (Å²) >= 11 is 6.55. The molecule has 3 heterocycles. The molecule has 2 aliphatic rings. The molecular weight excluding hydrogens is 476 g/mol. The first-order valence-corrected chi connectivity index (χ1v) is 12.6. The van der Waals surface area contributed by atoms with Crippen molar-refractivity contribution >= 4 is 28.8 Å². The fourth-order valence-corrected chi connectivity index (χ4v) is 4.92. The van der Waals surface area contributed by atoms with Crippen molar-refractivity contribution in [2.24, 2.45) is 0 Å². The normalized spacial score (nSPS) is 16.1. The van der Waals surface area contributed by atoms with Crippen LogP contribution in [-0.4, -0.2) is 71.3 Å². The molecule has 188 valence electrons. The zero-order chi connectivity index (χ0) is 24.9. The molecule has 5 rings (SSSR count). The SMILES string of the molecule is COc1cc(CN2CCN(CCO)CC2)cc(Nc2ncc(Cl)c(C3=CNCc4ccccc43)n2)c1. The number of anilines is 2. The number of nitrogens with zero attached hydrogens (tertiary/aromatic N) is 4. The van der Waals surface area contributed by atoms with Gasteiger partial charge in [0.1, 0.15) is 5.75 Å². The van der Waals surface area contributed by atoms with E-state index in [4.69, 9.17) is 21.3 Å². The lowest BCUT2D eigenvalue weighted by Crippen LogP contribution is -2.46. The van der Waals surface area contributed by atoms with Crippen molar-refractivity contribution in [1.29, 1.82) is 0 Å². The van der Waals surface area contributed by atoms with Crippen LogP contribution in [0.4, 0.5) is 11.6 Å². The molecule has 1 fully saturated rings. The van der Waals surface area contributed by atoms with E-state index in [0.29, 0.717) is 16.7 Å². The van der Waals surface area contributed by atoms with Crippen LogP contribution in [-0.2, 0) is 13.1 Å². The quantitative estimate of drug-likeness (QED) is 0.428. The summed E-state index contributed by atoms with van der Waals surface area (Å²) in [6, 6.07) is 14.4. The van der Waals surface area contributed by atoms with E-state index < -0.39 is 0 Å². The summed E-state index contributed by atoms with van der Waals surface area (Å²) in [4.78, 5) is 13.9. The molecule has 1 aromatic heterocycles. The minimum Gasteiger partial charge on any atom is -0.497 e. The van der Waals surface area contributed by atoms with Gasteiger partial charge in [0.25, 0.3) is 0 Å². The van der Waals surface area contributed by atoms with Crippen LogP contribution in [0.3, 0.4) is 0 Å². The third-order valence-corrected chi connectivity index (χ3v) is 6.87. The van der Waals surface area contributed by atoms with Crippen LogP contribution in [0.2, 0.25) is 5.02 Å². The second-order valence-electron chi connectivity index (χ2n) is 9.02. The van der Waals surface area contributed by atoms with Crippen molar-refractivity contribution in [2.45, 2.75) is 13.1 Å². The maximum absolute atomic E-state index is 9.18. The summed E-state index contributed by atoms with van der Waals surface area (Å²) in [5, 5.41) is 16.3. The van der Waals surface area contributed by atoms with Crippen molar-refractivity contribution in [3.05, 3.63) is 82.3 Å². The van der Waals surface area contributed by atoms with Crippen molar-refractivity contribution in [3.63, 3.8) is 0 Å². The molecule has 0 amide bonds. The highest BCUT2D eigenvalue weighted by Gasteiger charge is 2.19. The van der Waals surface area contributed by atoms with E-state index in [9.17, 15) is 5.11 Å². The molecule has 0 saturated carbocycles. The molecule has 0 aliphatic carbocycles. The lowest BCUT2D eigenvalue weighted by Gasteiger charge is -2.34. The van der Waals surface area contributed by atoms with Crippen LogP contribution >= 0.6 is 11.6 Å². The van der Waals surface area contributed by atoms with Gasteiger partial charge in [-0.25, -0.2) is 9.97 Å². The number of hydrogen-bond donors (Lipinski definition) is 3. The van der Waals surface area contributed by atoms with Gasteiger partial charge >= 0.3 is 0 Å². The van der Waals surface area contributed by atoms with Gasteiger partial charge in [-0.1, -0.05) is 35.9 Å². The molecule has 8 nitrogen and oxygen atoms in total. The van der Waals surface area contributed by atoms with E-state index in [2.05, 4.69) is 49.7 Å². The Hall–Kier alpha value is -3.17. The van der Waals surface area contributed by atoms with E-state index >= 15 is 0 Å². The van der Waals surface area contributed by atoms with Gasteiger partial charge < -0.3 is 20.5 Å². The van der Waals surface area contributed by atoms with Crippen LogP contribution < -0.4 is 15.4 Å². The third-order valence-electron chi connectivity index (χ3n) is 6.59. The van der Waals surface area contributed by atoms with E-state index in [1.54, 1.807) is 13.3 Å². The molecule has 0 atom stereocenters. The lowest BCUT2D eigenvalue weighted by molar-refractivity contribution is 0.108. The predicted octanol–water partition coefficient (Wildman–Crippen LogP) is 3.48. The first-order valence-electron chi connectivity index (χ1n) is 12.2. The van der Waals surface area contributed by atoms with E-state index in [-0.39, 0.29) is 6.61 Å². The van der Waals surface area contributed by atoms with Crippen molar-refractivity contribution < 1.29 is 9.84 Å². The molecule has 36 heavy (non-hydrogen) atoms. The van der Waals surface area contributed by atoms with E-state index in [1.165, 1.54) is 5.56 Å². The maximum Gasteiger partial charge on any atom is 0.227 e. The zero-order valence-corrected chi connectivity index (χ0v) is 21.1. The molecule has 9 heteroatoms. The van der Waals surface area contributed by atoms with Crippen molar-refractivity contribution in [3.8, 4) is 5.75 Å². The average Bonchev–Trinajstić information content (AvgIpc) is 2.90. The van der Waals surface area contributed by atoms with Crippen molar-refractivity contribution in [2.75, 3.05) is 51.8 Å². The molecule has 2 aromatic carbocycles. The highest BCUT2D eigenvalue weighted by atomic mass is 35.5. The Morgan fingerprint density at radius 2 is 1.92 bits per heavy atom. The summed E-state index contributed by atoms with van der Waals surface area (Å²) in [5.74, 6) is 1.24. The molecule has 2 aliphatic heterocycles. The molecule has 0 spiro atoms. The van der Waals surface area contributed by atoms with Gasteiger partial charge in [0.2, 0.25) is 5.95 Å². The number of methoxy groups -OCH3 is 1. The fraction of sp³-hybridized carbons (Fsp3) is 0.333. The Labute approximate surface area is 216 Å². The van der Waals surface area contributed by atoms with Crippen LogP contribution in [0.15, 0.2) is 54.9 Å². The maximum atomic E-state index is 9.18. The number of nitrogens with one attached hydrogen (secondary N) is 2. The van der Waals surface area contributed by atoms with Gasteiger partial charge in [-0.3, -0.25) is 9.80 Å². The number of aromatic nitrogens is 2. The number of rotatable bonds is 8. The minimum atomic E-state index is 0.208. The average molecular weight is 507 g/mol. The Morgan fingerprint density at radius 3 is 2.72 bits per heavy atom. The number of hydrogen-bond acceptors (Lipinski definition) is 8. The van der Waals surface area contributed by atoms with Crippen LogP contribution in [0.25, 0.3) is 5.57 Å². The number of fused-ring (bicyclic) bond motifs is 1. The Morgan fingerprint density at radius 1 is 1.11 bits per heavy atom. The van der Waals surface area contributed by atoms with Crippen molar-refractivity contribution in [1.82, 2.24) is 25.1 Å². The van der Waals surface area contributed by atoms with Gasteiger partial charge in [-0.15, -0.1) is 0 Å². The minimum absolute atomic E-state index is 0.208. The van der Waals surface area contributed by atoms with Crippen LogP contribution in [0.5, 0.6) is 5.75 Å². The number of aliphatic hydroxyl groups is 1. The number of aliphatic hydroxyl groups excluding tert-OH is 1. The second kappa shape index (κ2) is 11.3. The number of halogens is 1. The summed E-state index contributed by atoms with van der Waals surface area (Å²) in [7, 11) is 1.67. The van der Waals surface area contributed by atoms with E-state index in [0.717, 1.165) is 74.0 Å². The summed E-state index contributed by atoms with van der Waals surface area (Å²) in [6.07, 6.45) is 3.60. The lowest BCUT2D eigenvalue weighted by atomic mass is 9.95. The highest BCUT2D eigenvalue weighted by Crippen LogP contribution is 2.32. The van der Waals surface area contributed by atoms with Gasteiger partial charge in [-0.2, -0.15) is 0 Å². The number of ether oxygens (including phenoxy) is 1. The summed E-state index contributed by atoms with van der Waals surface area (Å²) < 4.78 is 5.57. The molecule has 1 saturated heterocycles. The van der Waals surface area contributed by atoms with E-state index in [1.807, 2.05) is 24.4 Å². The van der Waals surface area contributed by atoms with Crippen LogP contribution in [0, 0.1) is 0 Å². The molecular formula is C27H31ClN6O2. The Kier molecular flexibility index (Phi) is 7.67. The Bertz CT molecular complexity index is 1240. The smallest absolute Gasteiger partial charge is 0.227 e. The third kappa shape index (κ3) is 5.63. The van der Waals surface area contributed by atoms with Crippen LogP contribution in [0.1, 0.15) is 22.4 Å². The molecule has 0 bridgehead atoms. The summed E-state index contributed by atoms with van der Waals surface area (Å²) in [6.45, 7) is 6.40. The fourth-order valence-electron chi connectivity index (χ4n) is 4.73. The standard InChI is InChI=1S/C27H31ClN6O2/c1-36-22-13-19(18-34-8-6-33(7-9-34)10-11-35)12-21(14-22)31-27-30-17-25(28)26(32-27)24-16-29-15-20-4-2-3-5-23(20)24/h2-5,12-14,16-17,29,35H,6-11,15,18H2,1H3,(H,30,31,32). The highest BCUT2D eigenvalue weighted by molar-refractivity contribution is 6.32. The topological polar surface area (TPSA) is 85.8 Å². The number of piperazine rings is 1. The van der Waals surface area contributed by atoms with Gasteiger partial charge in [0.15, 0.2) is 0 Å². The first-order chi connectivity index (χ1) is 17.6. The molecule has 0 radical (unpaired) electrons. The largest absolute Gasteiger partial charge is 0.497 e. The Balaban J connectivity index is 1.35. The van der Waals surface area contributed by atoms with Gasteiger partial charge in [-0.05, 0) is 28.8 Å². The monoisotopic (exact) mass is 506 g/mol. The van der Waals surface area contributed by atoms with Gasteiger partial charge in [0, 0.05) is 69.3 Å². The molecule has 0 unspecified atom stereocenters. The number of benzene rings is 2. The first kappa shape index (κ1) is 24.5.